The summed E-state index contributed by atoms with van der Waals surface area (Å²) in [6.45, 7) is 5.07. The van der Waals surface area contributed by atoms with Gasteiger partial charge in [-0.25, -0.2) is 4.98 Å². The van der Waals surface area contributed by atoms with Crippen molar-refractivity contribution in [2.75, 3.05) is 0 Å². The van der Waals surface area contributed by atoms with Gasteiger partial charge in [0.1, 0.15) is 5.52 Å². The van der Waals surface area contributed by atoms with Crippen LogP contribution in [0.3, 0.4) is 0 Å². The molecule has 0 aliphatic rings. The van der Waals surface area contributed by atoms with Crippen molar-refractivity contribution < 1.29 is 14.4 Å². The van der Waals surface area contributed by atoms with Gasteiger partial charge in [0, 0.05) is 17.3 Å². The predicted molar refractivity (Wildman–Crippen MR) is 118 cm³/mol. The number of nitro groups is 1. The van der Waals surface area contributed by atoms with Gasteiger partial charge in [0.15, 0.2) is 5.58 Å². The Morgan fingerprint density at radius 3 is 2.65 bits per heavy atom. The molecule has 0 radical (unpaired) electrons. The van der Waals surface area contributed by atoms with Gasteiger partial charge in [-0.15, -0.1) is 0 Å². The molecule has 0 bridgehead atoms. The first-order valence-corrected chi connectivity index (χ1v) is 9.80. The standard InChI is InChI=1S/C23H18ClN3O4/c1-12-7-8-18-19(9-12)31-23(26-18)15-5-4-6-16(10-15)25-11-17-13(2)20(24)14(3)21(22(17)28)27(29)30/h4-11,28H,1-3H3/p-1. The molecule has 0 aliphatic carbocycles. The van der Waals surface area contributed by atoms with Crippen LogP contribution >= 0.6 is 11.6 Å². The Morgan fingerprint density at radius 1 is 1.13 bits per heavy atom. The number of aryl methyl sites for hydroxylation is 1. The molecule has 0 amide bonds. The smallest absolute Gasteiger partial charge is 0.266 e. The third-order valence-electron chi connectivity index (χ3n) is 5.04. The van der Waals surface area contributed by atoms with Gasteiger partial charge in [-0.1, -0.05) is 23.7 Å². The second-order valence-corrected chi connectivity index (χ2v) is 7.59. The summed E-state index contributed by atoms with van der Waals surface area (Å²) in [5.74, 6) is -0.258. The van der Waals surface area contributed by atoms with Crippen molar-refractivity contribution in [3.63, 3.8) is 0 Å². The zero-order valence-corrected chi connectivity index (χ0v) is 17.7. The molecular weight excluding hydrogens is 418 g/mol. The minimum atomic E-state index is -0.712. The summed E-state index contributed by atoms with van der Waals surface area (Å²) in [6, 6.07) is 12.9. The molecule has 4 aromatic rings. The fourth-order valence-electron chi connectivity index (χ4n) is 3.36. The molecule has 7 nitrogen and oxygen atoms in total. The Bertz CT molecular complexity index is 1380. The predicted octanol–water partition coefficient (Wildman–Crippen LogP) is 5.81. The number of fused-ring (bicyclic) bond motifs is 1. The molecule has 156 valence electrons. The number of nitrogens with zero attached hydrogens (tertiary/aromatic N) is 3. The molecule has 4 rings (SSSR count). The molecule has 0 unspecified atom stereocenters. The maximum atomic E-state index is 12.6. The van der Waals surface area contributed by atoms with Gasteiger partial charge in [-0.3, -0.25) is 15.1 Å². The maximum Gasteiger partial charge on any atom is 0.266 e. The number of hydrogen-bond acceptors (Lipinski definition) is 6. The minimum absolute atomic E-state index is 0.0880. The quantitative estimate of drug-likeness (QED) is 0.229. The first-order chi connectivity index (χ1) is 14.8. The third-order valence-corrected chi connectivity index (χ3v) is 5.61. The van der Waals surface area contributed by atoms with Crippen LogP contribution in [-0.2, 0) is 0 Å². The van der Waals surface area contributed by atoms with Crippen LogP contribution in [0.25, 0.3) is 22.6 Å². The zero-order valence-electron chi connectivity index (χ0n) is 17.0. The number of benzene rings is 3. The number of aromatic nitrogens is 1. The van der Waals surface area contributed by atoms with E-state index in [1.54, 1.807) is 25.1 Å². The fourth-order valence-corrected chi connectivity index (χ4v) is 3.55. The van der Waals surface area contributed by atoms with Crippen LogP contribution in [0.4, 0.5) is 11.4 Å². The average Bonchev–Trinajstić information content (AvgIpc) is 3.15. The Labute approximate surface area is 182 Å². The highest BCUT2D eigenvalue weighted by atomic mass is 35.5. The molecule has 1 aromatic heterocycles. The van der Waals surface area contributed by atoms with E-state index in [1.165, 1.54) is 13.1 Å². The lowest BCUT2D eigenvalue weighted by molar-refractivity contribution is -0.398. The lowest BCUT2D eigenvalue weighted by Crippen LogP contribution is -2.07. The van der Waals surface area contributed by atoms with Gasteiger partial charge in [-0.05, 0) is 73.5 Å². The SMILES string of the molecule is Cc1ccc2nc(-c3cccc(N=Cc4c(C)c(Cl)c(C)c([N+](=O)[O-])c4[O-])c3)oc2c1. The number of hydrogen-bond donors (Lipinski definition) is 0. The van der Waals surface area contributed by atoms with Gasteiger partial charge < -0.3 is 9.52 Å². The Balaban J connectivity index is 1.73. The van der Waals surface area contributed by atoms with Crippen molar-refractivity contribution in [1.29, 1.82) is 0 Å². The molecular formula is C23H17ClN3O4-. The fraction of sp³-hybridized carbons (Fsp3) is 0.130. The third kappa shape index (κ3) is 3.75. The van der Waals surface area contributed by atoms with Crippen molar-refractivity contribution in [2.45, 2.75) is 20.8 Å². The summed E-state index contributed by atoms with van der Waals surface area (Å²) < 4.78 is 5.86. The van der Waals surface area contributed by atoms with E-state index in [4.69, 9.17) is 16.0 Å². The molecule has 8 heteroatoms. The van der Waals surface area contributed by atoms with E-state index in [0.717, 1.165) is 16.6 Å². The van der Waals surface area contributed by atoms with E-state index in [9.17, 15) is 15.2 Å². The average molecular weight is 435 g/mol. The molecule has 0 saturated heterocycles. The van der Waals surface area contributed by atoms with Gasteiger partial charge in [0.25, 0.3) is 5.69 Å². The summed E-state index contributed by atoms with van der Waals surface area (Å²) in [7, 11) is 0. The minimum Gasteiger partial charge on any atom is -0.867 e. The van der Waals surface area contributed by atoms with Crippen LogP contribution in [0.1, 0.15) is 22.3 Å². The van der Waals surface area contributed by atoms with Crippen LogP contribution in [0.15, 0.2) is 51.9 Å². The number of rotatable bonds is 4. The van der Waals surface area contributed by atoms with Crippen molar-refractivity contribution in [1.82, 2.24) is 4.98 Å². The lowest BCUT2D eigenvalue weighted by Gasteiger charge is -2.17. The molecule has 0 atom stereocenters. The molecule has 31 heavy (non-hydrogen) atoms. The van der Waals surface area contributed by atoms with E-state index < -0.39 is 16.4 Å². The van der Waals surface area contributed by atoms with Gasteiger partial charge in [0.05, 0.1) is 15.6 Å². The van der Waals surface area contributed by atoms with Gasteiger partial charge in [0.2, 0.25) is 5.89 Å². The summed E-state index contributed by atoms with van der Waals surface area (Å²) in [5.41, 5.74) is 3.92. The number of nitro benzene ring substituents is 1. The van der Waals surface area contributed by atoms with Crippen LogP contribution in [0.5, 0.6) is 5.75 Å². The van der Waals surface area contributed by atoms with E-state index in [1.807, 2.05) is 31.2 Å². The van der Waals surface area contributed by atoms with Crippen molar-refractivity contribution in [3.8, 4) is 17.2 Å². The highest BCUT2D eigenvalue weighted by molar-refractivity contribution is 6.33. The number of aliphatic imine (C=N–C) groups is 1. The first kappa shape index (κ1) is 20.6. The highest BCUT2D eigenvalue weighted by Crippen LogP contribution is 2.38. The van der Waals surface area contributed by atoms with Crippen LogP contribution in [0.2, 0.25) is 5.02 Å². The number of oxazole rings is 1. The Morgan fingerprint density at radius 2 is 1.90 bits per heavy atom. The van der Waals surface area contributed by atoms with Gasteiger partial charge in [-0.2, -0.15) is 0 Å². The van der Waals surface area contributed by atoms with Crippen molar-refractivity contribution in [3.05, 3.63) is 79.9 Å². The first-order valence-electron chi connectivity index (χ1n) is 9.42. The van der Waals surface area contributed by atoms with E-state index in [-0.39, 0.29) is 16.1 Å². The normalized spacial score (nSPS) is 11.5. The van der Waals surface area contributed by atoms with Crippen LogP contribution in [0, 0.1) is 30.9 Å². The second kappa shape index (κ2) is 7.85. The lowest BCUT2D eigenvalue weighted by atomic mass is 10.0. The molecule has 0 saturated carbocycles. The molecule has 0 spiro atoms. The Hall–Kier alpha value is -3.71. The van der Waals surface area contributed by atoms with E-state index in [0.29, 0.717) is 22.7 Å². The summed E-state index contributed by atoms with van der Waals surface area (Å²) >= 11 is 6.22. The van der Waals surface area contributed by atoms with Crippen LogP contribution < -0.4 is 5.11 Å². The van der Waals surface area contributed by atoms with Crippen LogP contribution in [-0.4, -0.2) is 16.1 Å². The Kier molecular flexibility index (Phi) is 5.20. The molecule has 0 N–H and O–H groups in total. The van der Waals surface area contributed by atoms with E-state index >= 15 is 0 Å². The molecule has 0 fully saturated rings. The zero-order chi connectivity index (χ0) is 22.3. The maximum absolute atomic E-state index is 12.6. The number of halogens is 1. The van der Waals surface area contributed by atoms with E-state index in [2.05, 4.69) is 9.98 Å². The summed E-state index contributed by atoms with van der Waals surface area (Å²) in [5, 5.41) is 24.1. The molecule has 3 aromatic carbocycles. The molecule has 0 aliphatic heterocycles. The van der Waals surface area contributed by atoms with Gasteiger partial charge >= 0.3 is 0 Å². The van der Waals surface area contributed by atoms with Crippen molar-refractivity contribution >= 4 is 40.3 Å². The summed E-state index contributed by atoms with van der Waals surface area (Å²) in [6.07, 6.45) is 1.31. The monoisotopic (exact) mass is 434 g/mol. The summed E-state index contributed by atoms with van der Waals surface area (Å²) in [4.78, 5) is 19.5. The van der Waals surface area contributed by atoms with Crippen molar-refractivity contribution in [2.24, 2.45) is 4.99 Å². The highest BCUT2D eigenvalue weighted by Gasteiger charge is 2.20. The second-order valence-electron chi connectivity index (χ2n) is 7.21. The largest absolute Gasteiger partial charge is 0.867 e. The topological polar surface area (TPSA) is 105 Å². The molecule has 1 heterocycles.